The van der Waals surface area contributed by atoms with Crippen molar-refractivity contribution < 1.29 is 9.53 Å². The molecule has 0 radical (unpaired) electrons. The topological polar surface area (TPSA) is 64.3 Å². The number of nitrogens with one attached hydrogen (secondary N) is 1. The van der Waals surface area contributed by atoms with Gasteiger partial charge < -0.3 is 15.8 Å². The minimum absolute atomic E-state index is 0.0272. The monoisotopic (exact) mass is 274 g/mol. The molecular weight excluding hydrogens is 248 g/mol. The Bertz CT molecular complexity index is 272. The van der Waals surface area contributed by atoms with Crippen LogP contribution in [0.4, 0.5) is 0 Å². The van der Waals surface area contributed by atoms with E-state index < -0.39 is 5.41 Å². The third-order valence-electron chi connectivity index (χ3n) is 3.45. The number of amides is 1. The molecule has 0 spiro atoms. The first-order valence-electron chi connectivity index (χ1n) is 6.58. The van der Waals surface area contributed by atoms with Gasteiger partial charge in [-0.05, 0) is 19.3 Å². The molecule has 1 unspecified atom stereocenters. The van der Waals surface area contributed by atoms with Crippen LogP contribution in [0.15, 0.2) is 0 Å². The van der Waals surface area contributed by atoms with Gasteiger partial charge in [-0.2, -0.15) is 0 Å². The minimum Gasteiger partial charge on any atom is -0.392 e. The summed E-state index contributed by atoms with van der Waals surface area (Å²) < 4.78 is 5.12. The van der Waals surface area contributed by atoms with E-state index in [1.165, 1.54) is 0 Å². The van der Waals surface area contributed by atoms with Crippen LogP contribution in [0.3, 0.4) is 0 Å². The second-order valence-electron chi connectivity index (χ2n) is 4.57. The van der Waals surface area contributed by atoms with Gasteiger partial charge >= 0.3 is 0 Å². The minimum atomic E-state index is -0.727. The molecule has 0 aromatic rings. The molecule has 0 heterocycles. The fourth-order valence-electron chi connectivity index (χ4n) is 2.10. The Balaban J connectivity index is 4.82. The van der Waals surface area contributed by atoms with Crippen LogP contribution in [0.1, 0.15) is 46.5 Å². The quantitative estimate of drug-likeness (QED) is 0.631. The molecule has 1 atom stereocenters. The number of thiocarbonyl (C=S) groups is 1. The molecule has 0 aliphatic rings. The van der Waals surface area contributed by atoms with E-state index in [-0.39, 0.29) is 16.9 Å². The predicted molar refractivity (Wildman–Crippen MR) is 78.5 cm³/mol. The Labute approximate surface area is 116 Å². The van der Waals surface area contributed by atoms with Crippen molar-refractivity contribution in [3.05, 3.63) is 0 Å². The largest absolute Gasteiger partial charge is 0.392 e. The lowest BCUT2D eigenvalue weighted by molar-refractivity contribution is -0.129. The third-order valence-corrected chi connectivity index (χ3v) is 3.84. The van der Waals surface area contributed by atoms with Crippen LogP contribution in [0, 0.1) is 5.41 Å². The van der Waals surface area contributed by atoms with E-state index in [9.17, 15) is 4.79 Å². The zero-order valence-corrected chi connectivity index (χ0v) is 12.7. The van der Waals surface area contributed by atoms with Gasteiger partial charge in [0.1, 0.15) is 0 Å². The van der Waals surface area contributed by atoms with Crippen LogP contribution in [0.5, 0.6) is 0 Å². The molecule has 0 fully saturated rings. The van der Waals surface area contributed by atoms with Gasteiger partial charge in [-0.1, -0.05) is 39.4 Å². The molecule has 0 rings (SSSR count). The van der Waals surface area contributed by atoms with Gasteiger partial charge in [0.25, 0.3) is 0 Å². The van der Waals surface area contributed by atoms with Crippen LogP contribution in [-0.4, -0.2) is 30.7 Å². The molecule has 4 nitrogen and oxygen atoms in total. The number of nitrogens with two attached hydrogens (primary N) is 1. The first kappa shape index (κ1) is 17.3. The highest BCUT2D eigenvalue weighted by Crippen LogP contribution is 2.27. The average Bonchev–Trinajstić information content (AvgIpc) is 2.31. The van der Waals surface area contributed by atoms with E-state index in [1.807, 2.05) is 13.8 Å². The van der Waals surface area contributed by atoms with Crippen molar-refractivity contribution in [2.75, 3.05) is 13.7 Å². The summed E-state index contributed by atoms with van der Waals surface area (Å²) in [4.78, 5) is 12.7. The van der Waals surface area contributed by atoms with Gasteiger partial charge in [-0.15, -0.1) is 0 Å². The Morgan fingerprint density at radius 1 is 1.39 bits per heavy atom. The molecule has 0 saturated carbocycles. The van der Waals surface area contributed by atoms with Crippen molar-refractivity contribution in [1.82, 2.24) is 5.32 Å². The lowest BCUT2D eigenvalue weighted by atomic mass is 9.81. The molecule has 0 aliphatic carbocycles. The van der Waals surface area contributed by atoms with E-state index >= 15 is 0 Å². The highest BCUT2D eigenvalue weighted by Gasteiger charge is 2.38. The highest BCUT2D eigenvalue weighted by atomic mass is 32.1. The van der Waals surface area contributed by atoms with Crippen molar-refractivity contribution in [3.63, 3.8) is 0 Å². The van der Waals surface area contributed by atoms with Crippen molar-refractivity contribution in [2.24, 2.45) is 11.1 Å². The lowest BCUT2D eigenvalue weighted by Gasteiger charge is -2.31. The predicted octanol–water partition coefficient (Wildman–Crippen LogP) is 2.01. The van der Waals surface area contributed by atoms with Crippen molar-refractivity contribution in [3.8, 4) is 0 Å². The van der Waals surface area contributed by atoms with Gasteiger partial charge in [0.2, 0.25) is 5.91 Å². The van der Waals surface area contributed by atoms with E-state index in [1.54, 1.807) is 7.11 Å². The number of hydrogen-bond donors (Lipinski definition) is 2. The summed E-state index contributed by atoms with van der Waals surface area (Å²) in [6.07, 6.45) is 3.13. The van der Waals surface area contributed by atoms with Gasteiger partial charge in [0, 0.05) is 7.11 Å². The smallest absolute Gasteiger partial charge is 0.233 e. The number of carbonyl (C=O) groups excluding carboxylic acids is 1. The highest BCUT2D eigenvalue weighted by molar-refractivity contribution is 7.80. The molecule has 0 aliphatic heterocycles. The van der Waals surface area contributed by atoms with Crippen molar-refractivity contribution in [1.29, 1.82) is 0 Å². The number of rotatable bonds is 9. The molecule has 106 valence electrons. The van der Waals surface area contributed by atoms with Crippen molar-refractivity contribution >= 4 is 23.1 Å². The molecular formula is C13H26N2O2S. The molecule has 18 heavy (non-hydrogen) atoms. The van der Waals surface area contributed by atoms with Crippen LogP contribution in [0.25, 0.3) is 0 Å². The van der Waals surface area contributed by atoms with Crippen LogP contribution in [0.2, 0.25) is 0 Å². The van der Waals surface area contributed by atoms with Gasteiger partial charge in [-0.25, -0.2) is 0 Å². The molecule has 1 amide bonds. The SMILES string of the molecule is CCCC(COC)NC(=O)C(CC)(CC)C(N)=S. The maximum absolute atomic E-state index is 12.4. The zero-order valence-electron chi connectivity index (χ0n) is 11.9. The van der Waals surface area contributed by atoms with Gasteiger partial charge in [-0.3, -0.25) is 4.79 Å². The Morgan fingerprint density at radius 2 is 1.94 bits per heavy atom. The fourth-order valence-corrected chi connectivity index (χ4v) is 2.48. The normalized spacial score (nSPS) is 13.1. The molecule has 0 bridgehead atoms. The Kier molecular flexibility index (Phi) is 8.11. The molecule has 0 aromatic heterocycles. The molecule has 0 saturated heterocycles. The number of methoxy groups -OCH3 is 1. The zero-order chi connectivity index (χ0) is 14.2. The summed E-state index contributed by atoms with van der Waals surface area (Å²) in [5.74, 6) is -0.0736. The van der Waals surface area contributed by atoms with E-state index in [2.05, 4.69) is 12.2 Å². The molecule has 3 N–H and O–H groups in total. The summed E-state index contributed by atoms with van der Waals surface area (Å²) in [7, 11) is 1.63. The van der Waals surface area contributed by atoms with Crippen LogP contribution >= 0.6 is 12.2 Å². The van der Waals surface area contributed by atoms with Gasteiger partial charge in [0.05, 0.1) is 23.1 Å². The second kappa shape index (κ2) is 8.43. The fraction of sp³-hybridized carbons (Fsp3) is 0.846. The Morgan fingerprint density at radius 3 is 2.28 bits per heavy atom. The molecule has 0 aromatic carbocycles. The second-order valence-corrected chi connectivity index (χ2v) is 5.01. The average molecular weight is 274 g/mol. The van der Waals surface area contributed by atoms with E-state index in [0.717, 1.165) is 12.8 Å². The van der Waals surface area contributed by atoms with Crippen molar-refractivity contribution in [2.45, 2.75) is 52.5 Å². The maximum atomic E-state index is 12.4. The third kappa shape index (κ3) is 4.21. The lowest BCUT2D eigenvalue weighted by Crippen LogP contribution is -2.52. The van der Waals surface area contributed by atoms with Gasteiger partial charge in [0.15, 0.2) is 0 Å². The van der Waals surface area contributed by atoms with E-state index in [0.29, 0.717) is 19.4 Å². The molecule has 5 heteroatoms. The summed E-state index contributed by atoms with van der Waals surface area (Å²) >= 11 is 5.07. The van der Waals surface area contributed by atoms with Crippen LogP contribution in [-0.2, 0) is 9.53 Å². The Hall–Kier alpha value is -0.680. The van der Waals surface area contributed by atoms with E-state index in [4.69, 9.17) is 22.7 Å². The summed E-state index contributed by atoms with van der Waals surface area (Å²) in [5.41, 5.74) is 5.03. The summed E-state index contributed by atoms with van der Waals surface area (Å²) in [5, 5.41) is 3.01. The number of ether oxygens (including phenoxy) is 1. The summed E-state index contributed by atoms with van der Waals surface area (Å²) in [6, 6.07) is 0.0272. The summed E-state index contributed by atoms with van der Waals surface area (Å²) in [6.45, 7) is 6.47. The first-order chi connectivity index (χ1) is 8.48. The first-order valence-corrected chi connectivity index (χ1v) is 6.99. The standard InChI is InChI=1S/C13H26N2O2S/c1-5-8-10(9-17-4)15-12(16)13(6-2,7-3)11(14)18/h10H,5-9H2,1-4H3,(H2,14,18)(H,15,16). The van der Waals surface area contributed by atoms with Crippen LogP contribution < -0.4 is 11.1 Å². The number of hydrogen-bond acceptors (Lipinski definition) is 3. The maximum Gasteiger partial charge on any atom is 0.233 e. The number of carbonyl (C=O) groups is 1.